The zero-order valence-electron chi connectivity index (χ0n) is 20.7. The molecule has 3 aliphatic heterocycles. The first kappa shape index (κ1) is 20.4. The minimum Gasteiger partial charge on any atom is -0.504 e. The van der Waals surface area contributed by atoms with Crippen LogP contribution in [0.2, 0.25) is 0 Å². The molecule has 6 nitrogen and oxygen atoms in total. The van der Waals surface area contributed by atoms with Crippen LogP contribution in [0, 0.1) is 5.92 Å². The second-order valence-corrected chi connectivity index (χ2v) is 12.2. The lowest BCUT2D eigenvalue weighted by Gasteiger charge is -2.63. The summed E-state index contributed by atoms with van der Waals surface area (Å²) in [6.45, 7) is 3.02. The lowest BCUT2D eigenvalue weighted by molar-refractivity contribution is -0.173. The third kappa shape index (κ3) is 2.12. The molecule has 2 aromatic carbocycles. The number of piperidine rings is 1. The Hall–Kier alpha value is -2.70. The van der Waals surface area contributed by atoms with Crippen LogP contribution >= 0.6 is 0 Å². The SMILES string of the molecule is COc1ccc2c3c(n4c2c1CCC4)[C@@H]1Oc2c(O)ccc4c2[C@@]12CCN(CC1CC1)[C@H](C4)[C@]2(O)C3. The second-order valence-electron chi connectivity index (χ2n) is 12.2. The summed E-state index contributed by atoms with van der Waals surface area (Å²) in [6.07, 6.45) is 6.72. The van der Waals surface area contributed by atoms with Gasteiger partial charge in [-0.05, 0) is 80.3 Å². The van der Waals surface area contributed by atoms with Gasteiger partial charge in [0.05, 0.1) is 29.3 Å². The summed E-state index contributed by atoms with van der Waals surface area (Å²) in [4.78, 5) is 2.60. The number of ether oxygens (including phenoxy) is 2. The van der Waals surface area contributed by atoms with Crippen molar-refractivity contribution in [2.24, 2.45) is 5.92 Å². The Balaban J connectivity index is 1.35. The van der Waals surface area contributed by atoms with E-state index >= 15 is 0 Å². The quantitative estimate of drug-likeness (QED) is 0.588. The van der Waals surface area contributed by atoms with Crippen molar-refractivity contribution in [2.45, 2.75) is 74.7 Å². The van der Waals surface area contributed by atoms with E-state index in [0.717, 1.165) is 62.5 Å². The van der Waals surface area contributed by atoms with Crippen LogP contribution in [-0.2, 0) is 31.2 Å². The number of phenolic OH excluding ortho intramolecular Hbond substituents is 1. The third-order valence-corrected chi connectivity index (χ3v) is 10.7. The van der Waals surface area contributed by atoms with Crippen LogP contribution in [0.1, 0.15) is 59.7 Å². The highest BCUT2D eigenvalue weighted by molar-refractivity contribution is 5.92. The number of aryl methyl sites for hydroxylation is 2. The first-order valence-electron chi connectivity index (χ1n) is 13.7. The van der Waals surface area contributed by atoms with Gasteiger partial charge in [0, 0.05) is 42.1 Å². The molecule has 2 fully saturated rings. The van der Waals surface area contributed by atoms with E-state index < -0.39 is 11.0 Å². The van der Waals surface area contributed by atoms with Crippen molar-refractivity contribution in [3.63, 3.8) is 0 Å². The molecule has 0 radical (unpaired) electrons. The fourth-order valence-corrected chi connectivity index (χ4v) is 9.08. The van der Waals surface area contributed by atoms with Crippen LogP contribution in [0.3, 0.4) is 0 Å². The number of hydrogen-bond donors (Lipinski definition) is 2. The van der Waals surface area contributed by atoms with Gasteiger partial charge in [0.15, 0.2) is 17.6 Å². The summed E-state index contributed by atoms with van der Waals surface area (Å²) in [6, 6.07) is 8.26. The number of fused-ring (bicyclic) bond motifs is 4. The van der Waals surface area contributed by atoms with Crippen LogP contribution < -0.4 is 9.47 Å². The fourth-order valence-electron chi connectivity index (χ4n) is 9.08. The second kappa shape index (κ2) is 6.40. The summed E-state index contributed by atoms with van der Waals surface area (Å²) in [7, 11) is 1.76. The van der Waals surface area contributed by atoms with Crippen LogP contribution in [0.15, 0.2) is 24.3 Å². The minimum absolute atomic E-state index is 0.0651. The molecule has 0 unspecified atom stereocenters. The molecule has 9 rings (SSSR count). The summed E-state index contributed by atoms with van der Waals surface area (Å²) >= 11 is 0. The highest BCUT2D eigenvalue weighted by Gasteiger charge is 2.73. The van der Waals surface area contributed by atoms with Crippen LogP contribution in [-0.4, -0.2) is 51.5 Å². The Morgan fingerprint density at radius 2 is 2.03 bits per heavy atom. The lowest BCUT2D eigenvalue weighted by Crippen LogP contribution is -2.74. The molecule has 4 heterocycles. The number of nitrogens with zero attached hydrogens (tertiary/aromatic N) is 2. The molecule has 1 saturated carbocycles. The van der Waals surface area contributed by atoms with Gasteiger partial charge in [-0.2, -0.15) is 0 Å². The third-order valence-electron chi connectivity index (χ3n) is 10.7. The number of hydrogen-bond acceptors (Lipinski definition) is 5. The normalized spacial score (nSPS) is 33.3. The molecule has 1 spiro atoms. The van der Waals surface area contributed by atoms with Crippen molar-refractivity contribution in [3.8, 4) is 17.2 Å². The van der Waals surface area contributed by atoms with E-state index in [4.69, 9.17) is 9.47 Å². The van der Waals surface area contributed by atoms with Gasteiger partial charge in [0.25, 0.3) is 0 Å². The van der Waals surface area contributed by atoms with E-state index in [9.17, 15) is 10.2 Å². The molecule has 2 N–H and O–H groups in total. The van der Waals surface area contributed by atoms with E-state index in [2.05, 4.69) is 27.7 Å². The summed E-state index contributed by atoms with van der Waals surface area (Å²) in [5.41, 5.74) is 5.89. The molecule has 0 amide bonds. The number of methoxy groups -OCH3 is 1. The van der Waals surface area contributed by atoms with Crippen LogP contribution in [0.4, 0.5) is 0 Å². The molecule has 1 saturated heterocycles. The first-order chi connectivity index (χ1) is 17.5. The topological polar surface area (TPSA) is 67.1 Å². The van der Waals surface area contributed by atoms with E-state index in [1.807, 2.05) is 0 Å². The summed E-state index contributed by atoms with van der Waals surface area (Å²) in [5, 5.41) is 25.3. The molecule has 186 valence electrons. The Kier molecular flexibility index (Phi) is 3.62. The van der Waals surface area contributed by atoms with Crippen molar-refractivity contribution < 1.29 is 19.7 Å². The van der Waals surface area contributed by atoms with Gasteiger partial charge < -0.3 is 24.3 Å². The molecule has 6 heteroatoms. The maximum absolute atomic E-state index is 13.0. The van der Waals surface area contributed by atoms with Gasteiger partial charge in [-0.1, -0.05) is 6.07 Å². The molecule has 6 aliphatic rings. The fraction of sp³-hybridized carbons (Fsp3) is 0.533. The maximum atomic E-state index is 13.0. The zero-order chi connectivity index (χ0) is 24.0. The number of aromatic hydroxyl groups is 1. The molecule has 2 bridgehead atoms. The molecule has 4 atom stereocenters. The van der Waals surface area contributed by atoms with E-state index in [1.165, 1.54) is 46.1 Å². The van der Waals surface area contributed by atoms with Gasteiger partial charge in [-0.25, -0.2) is 0 Å². The minimum atomic E-state index is -0.933. The number of rotatable bonds is 3. The van der Waals surface area contributed by atoms with Gasteiger partial charge >= 0.3 is 0 Å². The number of aromatic nitrogens is 1. The van der Waals surface area contributed by atoms with Gasteiger partial charge in [0.2, 0.25) is 0 Å². The molecular weight excluding hydrogens is 452 g/mol. The Morgan fingerprint density at radius 3 is 2.86 bits per heavy atom. The van der Waals surface area contributed by atoms with Crippen molar-refractivity contribution in [3.05, 3.63) is 52.2 Å². The molecule has 1 aromatic heterocycles. The van der Waals surface area contributed by atoms with Crippen molar-refractivity contribution in [1.82, 2.24) is 9.47 Å². The molecule has 3 aliphatic carbocycles. The number of benzene rings is 2. The highest BCUT2D eigenvalue weighted by Crippen LogP contribution is 2.69. The van der Waals surface area contributed by atoms with E-state index in [1.54, 1.807) is 13.2 Å². The zero-order valence-corrected chi connectivity index (χ0v) is 20.7. The number of likely N-dealkylation sites (tertiary alicyclic amines) is 1. The average molecular weight is 485 g/mol. The summed E-state index contributed by atoms with van der Waals surface area (Å²) in [5.74, 6) is 2.56. The number of aliphatic hydroxyl groups is 1. The first-order valence-corrected chi connectivity index (χ1v) is 13.7. The predicted molar refractivity (Wildman–Crippen MR) is 135 cm³/mol. The smallest absolute Gasteiger partial charge is 0.166 e. The Morgan fingerprint density at radius 1 is 1.14 bits per heavy atom. The van der Waals surface area contributed by atoms with E-state index in [0.29, 0.717) is 12.2 Å². The average Bonchev–Trinajstić information content (AvgIpc) is 3.55. The van der Waals surface area contributed by atoms with Crippen LogP contribution in [0.25, 0.3) is 10.9 Å². The lowest BCUT2D eigenvalue weighted by atomic mass is 9.49. The Labute approximate surface area is 210 Å². The molecular formula is C30H32N2O4. The number of phenols is 1. The summed E-state index contributed by atoms with van der Waals surface area (Å²) < 4.78 is 15.1. The largest absolute Gasteiger partial charge is 0.504 e. The predicted octanol–water partition coefficient (Wildman–Crippen LogP) is 4.00. The van der Waals surface area contributed by atoms with Crippen LogP contribution in [0.5, 0.6) is 17.2 Å². The van der Waals surface area contributed by atoms with Crippen molar-refractivity contribution in [2.75, 3.05) is 20.2 Å². The van der Waals surface area contributed by atoms with Crippen molar-refractivity contribution in [1.29, 1.82) is 0 Å². The monoisotopic (exact) mass is 484 g/mol. The van der Waals surface area contributed by atoms with Gasteiger partial charge in [-0.15, -0.1) is 0 Å². The highest BCUT2D eigenvalue weighted by atomic mass is 16.5. The van der Waals surface area contributed by atoms with Gasteiger partial charge in [0.1, 0.15) is 5.75 Å². The van der Waals surface area contributed by atoms with Crippen molar-refractivity contribution >= 4 is 10.9 Å². The van der Waals surface area contributed by atoms with E-state index in [-0.39, 0.29) is 17.9 Å². The standard InChI is InChI=1S/C30H32N2O4/c1-35-22-9-7-18-20-14-30(34)23-13-17-6-8-21(33)27-24(17)29(30,10-12-31(23)15-16-4-5-16)28(36-27)26(20)32-11-2-3-19(22)25(18)32/h6-9,16,23,28,33-34H,2-5,10-15H2,1H3/t23-,28+,29+,30-/m1/s1. The molecule has 3 aromatic rings. The Bertz CT molecular complexity index is 1490. The van der Waals surface area contributed by atoms with Gasteiger partial charge in [-0.3, -0.25) is 4.90 Å². The maximum Gasteiger partial charge on any atom is 0.166 e. The molecule has 36 heavy (non-hydrogen) atoms.